The average Bonchev–Trinajstić information content (AvgIpc) is 2.65. The smallest absolute Gasteiger partial charge is 0.415 e. The van der Waals surface area contributed by atoms with E-state index in [2.05, 4.69) is 0 Å². The van der Waals surface area contributed by atoms with Gasteiger partial charge >= 0.3 is 6.09 Å². The minimum Gasteiger partial charge on any atom is -0.444 e. The SMILES string of the molecule is C[C@H](CO)[C@@H]1C=Cc2ccccc2N1C(=O)OCc1ccccc1. The fraction of sp³-hybridized carbons (Fsp3) is 0.250. The molecule has 124 valence electrons. The molecule has 4 nitrogen and oxygen atoms in total. The third kappa shape index (κ3) is 3.34. The lowest BCUT2D eigenvalue weighted by Crippen LogP contribution is -2.45. The maximum Gasteiger partial charge on any atom is 0.415 e. The number of nitrogens with zero attached hydrogens (tertiary/aromatic N) is 1. The normalized spacial score (nSPS) is 17.2. The molecule has 4 heteroatoms. The molecular formula is C20H21NO3. The third-order valence-corrected chi connectivity index (χ3v) is 4.24. The van der Waals surface area contributed by atoms with Gasteiger partial charge < -0.3 is 9.84 Å². The summed E-state index contributed by atoms with van der Waals surface area (Å²) in [5.74, 6) is -0.0844. The van der Waals surface area contributed by atoms with Gasteiger partial charge in [0.15, 0.2) is 0 Å². The van der Waals surface area contributed by atoms with Crippen LogP contribution in [0.15, 0.2) is 60.7 Å². The molecule has 2 aromatic carbocycles. The van der Waals surface area contributed by atoms with Gasteiger partial charge in [0.2, 0.25) is 0 Å². The largest absolute Gasteiger partial charge is 0.444 e. The molecule has 0 radical (unpaired) electrons. The Hall–Kier alpha value is -2.59. The van der Waals surface area contributed by atoms with Crippen LogP contribution < -0.4 is 4.90 Å². The van der Waals surface area contributed by atoms with Crippen molar-refractivity contribution in [1.82, 2.24) is 0 Å². The first-order valence-electron chi connectivity index (χ1n) is 8.08. The van der Waals surface area contributed by atoms with E-state index in [-0.39, 0.29) is 25.2 Å². The predicted octanol–water partition coefficient (Wildman–Crippen LogP) is 3.85. The number of anilines is 1. The zero-order valence-electron chi connectivity index (χ0n) is 13.6. The van der Waals surface area contributed by atoms with Crippen molar-refractivity contribution in [1.29, 1.82) is 0 Å². The molecule has 0 unspecified atom stereocenters. The van der Waals surface area contributed by atoms with Crippen molar-refractivity contribution < 1.29 is 14.6 Å². The van der Waals surface area contributed by atoms with E-state index in [1.165, 1.54) is 0 Å². The Labute approximate surface area is 142 Å². The lowest BCUT2D eigenvalue weighted by molar-refractivity contribution is 0.141. The van der Waals surface area contributed by atoms with Crippen LogP contribution in [0.25, 0.3) is 6.08 Å². The summed E-state index contributed by atoms with van der Waals surface area (Å²) in [5, 5.41) is 9.53. The van der Waals surface area contributed by atoms with Crippen LogP contribution in [0.2, 0.25) is 0 Å². The highest BCUT2D eigenvalue weighted by atomic mass is 16.6. The van der Waals surface area contributed by atoms with Gasteiger partial charge in [-0.3, -0.25) is 4.90 Å². The topological polar surface area (TPSA) is 49.8 Å². The molecule has 1 heterocycles. The molecule has 0 bridgehead atoms. The molecule has 1 amide bonds. The number of aliphatic hydroxyl groups excluding tert-OH is 1. The number of carbonyl (C=O) groups is 1. The number of para-hydroxylation sites is 1. The van der Waals surface area contributed by atoms with E-state index in [0.29, 0.717) is 0 Å². The van der Waals surface area contributed by atoms with Crippen molar-refractivity contribution in [3.05, 3.63) is 71.8 Å². The van der Waals surface area contributed by atoms with Gasteiger partial charge in [-0.25, -0.2) is 4.79 Å². The van der Waals surface area contributed by atoms with Gasteiger partial charge in [-0.15, -0.1) is 0 Å². The van der Waals surface area contributed by atoms with Gasteiger partial charge in [0.25, 0.3) is 0 Å². The standard InChI is InChI=1S/C20H21NO3/c1-15(13-22)18-12-11-17-9-5-6-10-19(17)21(18)20(23)24-14-16-7-3-2-4-8-16/h2-12,15,18,22H,13-14H2,1H3/t15-,18+/m1/s1. The van der Waals surface area contributed by atoms with Crippen LogP contribution in [0.1, 0.15) is 18.1 Å². The highest BCUT2D eigenvalue weighted by Crippen LogP contribution is 2.32. The molecule has 2 atom stereocenters. The van der Waals surface area contributed by atoms with Crippen LogP contribution >= 0.6 is 0 Å². The Morgan fingerprint density at radius 3 is 2.62 bits per heavy atom. The third-order valence-electron chi connectivity index (χ3n) is 4.24. The number of rotatable bonds is 4. The molecule has 0 saturated carbocycles. The summed E-state index contributed by atoms with van der Waals surface area (Å²) in [4.78, 5) is 14.4. The van der Waals surface area contributed by atoms with Crippen LogP contribution in [-0.2, 0) is 11.3 Å². The van der Waals surface area contributed by atoms with Gasteiger partial charge in [-0.1, -0.05) is 67.6 Å². The van der Waals surface area contributed by atoms with Crippen molar-refractivity contribution >= 4 is 17.9 Å². The van der Waals surface area contributed by atoms with E-state index in [0.717, 1.165) is 16.8 Å². The summed E-state index contributed by atoms with van der Waals surface area (Å²) in [5.41, 5.74) is 2.72. The van der Waals surface area contributed by atoms with Crippen LogP contribution in [0.5, 0.6) is 0 Å². The molecule has 0 spiro atoms. The van der Waals surface area contributed by atoms with Gasteiger partial charge in [-0.05, 0) is 17.2 Å². The van der Waals surface area contributed by atoms with Crippen LogP contribution in [0.4, 0.5) is 10.5 Å². The highest BCUT2D eigenvalue weighted by molar-refractivity contribution is 5.93. The minimum absolute atomic E-state index is 0.000358. The van der Waals surface area contributed by atoms with Gasteiger partial charge in [0.05, 0.1) is 11.7 Å². The Kier molecular flexibility index (Phi) is 4.96. The monoisotopic (exact) mass is 323 g/mol. The number of benzene rings is 2. The Bertz CT molecular complexity index is 727. The minimum atomic E-state index is -0.402. The molecule has 0 saturated heterocycles. The lowest BCUT2D eigenvalue weighted by Gasteiger charge is -2.35. The number of amides is 1. The zero-order chi connectivity index (χ0) is 16.9. The predicted molar refractivity (Wildman–Crippen MR) is 94.6 cm³/mol. The van der Waals surface area contributed by atoms with Gasteiger partial charge in [0, 0.05) is 12.5 Å². The number of ether oxygens (including phenoxy) is 1. The molecule has 1 aliphatic heterocycles. The summed E-state index contributed by atoms with van der Waals surface area (Å²) in [6, 6.07) is 17.1. The second-order valence-electron chi connectivity index (χ2n) is 5.98. The van der Waals surface area contributed by atoms with Crippen molar-refractivity contribution in [2.24, 2.45) is 5.92 Å². The van der Waals surface area contributed by atoms with Crippen LogP contribution in [0.3, 0.4) is 0 Å². The van der Waals surface area contributed by atoms with Crippen molar-refractivity contribution in [3.63, 3.8) is 0 Å². The zero-order valence-corrected chi connectivity index (χ0v) is 13.6. The molecular weight excluding hydrogens is 302 g/mol. The molecule has 1 N–H and O–H groups in total. The first kappa shape index (κ1) is 16.3. The van der Waals surface area contributed by atoms with Crippen molar-refractivity contribution in [3.8, 4) is 0 Å². The first-order valence-corrected chi connectivity index (χ1v) is 8.08. The second-order valence-corrected chi connectivity index (χ2v) is 5.98. The summed E-state index contributed by atoms with van der Waals surface area (Å²) in [6.45, 7) is 2.14. The van der Waals surface area contributed by atoms with E-state index in [1.807, 2.05) is 73.7 Å². The van der Waals surface area contributed by atoms with Crippen LogP contribution in [0, 0.1) is 5.92 Å². The molecule has 1 aliphatic rings. The average molecular weight is 323 g/mol. The van der Waals surface area contributed by atoms with E-state index < -0.39 is 6.09 Å². The number of carbonyl (C=O) groups excluding carboxylic acids is 1. The maximum absolute atomic E-state index is 12.8. The van der Waals surface area contributed by atoms with Crippen molar-refractivity contribution in [2.45, 2.75) is 19.6 Å². The van der Waals surface area contributed by atoms with E-state index in [9.17, 15) is 9.90 Å². The Balaban J connectivity index is 1.83. The first-order chi connectivity index (χ1) is 11.7. The summed E-state index contributed by atoms with van der Waals surface area (Å²) in [6.07, 6.45) is 3.54. The molecule has 0 aromatic heterocycles. The quantitative estimate of drug-likeness (QED) is 0.929. The van der Waals surface area contributed by atoms with Gasteiger partial charge in [-0.2, -0.15) is 0 Å². The molecule has 2 aromatic rings. The molecule has 3 rings (SSSR count). The fourth-order valence-corrected chi connectivity index (χ4v) is 2.86. The van der Waals surface area contributed by atoms with E-state index in [4.69, 9.17) is 4.74 Å². The second kappa shape index (κ2) is 7.32. The summed E-state index contributed by atoms with van der Waals surface area (Å²) in [7, 11) is 0. The summed E-state index contributed by atoms with van der Waals surface area (Å²) >= 11 is 0. The summed E-state index contributed by atoms with van der Waals surface area (Å²) < 4.78 is 5.52. The van der Waals surface area contributed by atoms with Crippen molar-refractivity contribution in [2.75, 3.05) is 11.5 Å². The number of aliphatic hydroxyl groups is 1. The lowest BCUT2D eigenvalue weighted by atomic mass is 9.95. The number of hydrogen-bond donors (Lipinski definition) is 1. The number of hydrogen-bond acceptors (Lipinski definition) is 3. The van der Waals surface area contributed by atoms with E-state index >= 15 is 0 Å². The maximum atomic E-state index is 12.8. The molecule has 0 fully saturated rings. The van der Waals surface area contributed by atoms with Gasteiger partial charge in [0.1, 0.15) is 6.61 Å². The highest BCUT2D eigenvalue weighted by Gasteiger charge is 2.32. The van der Waals surface area contributed by atoms with E-state index in [1.54, 1.807) is 4.90 Å². The Morgan fingerprint density at radius 1 is 1.17 bits per heavy atom. The number of fused-ring (bicyclic) bond motifs is 1. The molecule has 0 aliphatic carbocycles. The fourth-order valence-electron chi connectivity index (χ4n) is 2.86. The Morgan fingerprint density at radius 2 is 1.88 bits per heavy atom. The van der Waals surface area contributed by atoms with Crippen LogP contribution in [-0.4, -0.2) is 23.8 Å². The molecule has 24 heavy (non-hydrogen) atoms.